The number of benzene rings is 2. The lowest BCUT2D eigenvalue weighted by molar-refractivity contribution is 0.395. The second-order valence-electron chi connectivity index (χ2n) is 8.22. The van der Waals surface area contributed by atoms with Crippen LogP contribution in [-0.4, -0.2) is 41.0 Å². The Bertz CT molecular complexity index is 1220. The molecule has 0 saturated heterocycles. The van der Waals surface area contributed by atoms with E-state index in [-0.39, 0.29) is 12.6 Å². The molecule has 156 valence electrons. The van der Waals surface area contributed by atoms with E-state index in [4.69, 9.17) is 0 Å². The van der Waals surface area contributed by atoms with Crippen molar-refractivity contribution in [1.82, 2.24) is 14.3 Å². The second kappa shape index (κ2) is 7.28. The van der Waals surface area contributed by atoms with Crippen molar-refractivity contribution in [2.45, 2.75) is 44.3 Å². The molecule has 2 aliphatic rings. The summed E-state index contributed by atoms with van der Waals surface area (Å²) in [5.74, 6) is 0.414. The quantitative estimate of drug-likeness (QED) is 0.620. The van der Waals surface area contributed by atoms with Crippen LogP contribution < -0.4 is 5.32 Å². The Labute approximate surface area is 175 Å². The molecular weight excluding hydrogens is 403 g/mol. The highest BCUT2D eigenvalue weighted by molar-refractivity contribution is 7.88. The van der Waals surface area contributed by atoms with Crippen molar-refractivity contribution in [2.75, 3.05) is 11.6 Å². The molecule has 3 aromatic rings. The number of fused-ring (bicyclic) bond motifs is 1. The van der Waals surface area contributed by atoms with Crippen LogP contribution in [0, 0.1) is 5.82 Å². The minimum atomic E-state index is -3.39. The molecule has 0 bridgehead atoms. The number of aromatic nitrogens is 2. The SMILES string of the molecule is CS(=O)(=O)N(Cc1cc(-c2ccc3ncnc(NC4CC4)c3c2)ccc1F)C1CC1. The molecule has 1 N–H and O–H groups in total. The number of hydrogen-bond acceptors (Lipinski definition) is 5. The highest BCUT2D eigenvalue weighted by Gasteiger charge is 2.35. The maximum atomic E-state index is 14.5. The molecule has 30 heavy (non-hydrogen) atoms. The lowest BCUT2D eigenvalue weighted by atomic mass is 10.0. The summed E-state index contributed by atoms with van der Waals surface area (Å²) in [6.07, 6.45) is 6.69. The zero-order chi connectivity index (χ0) is 20.9. The largest absolute Gasteiger partial charge is 0.367 e. The highest BCUT2D eigenvalue weighted by Crippen LogP contribution is 2.33. The fourth-order valence-electron chi connectivity index (χ4n) is 3.70. The van der Waals surface area contributed by atoms with E-state index >= 15 is 0 Å². The van der Waals surface area contributed by atoms with Crippen LogP contribution in [0.25, 0.3) is 22.0 Å². The van der Waals surface area contributed by atoms with Crippen LogP contribution in [0.3, 0.4) is 0 Å². The van der Waals surface area contributed by atoms with Crippen molar-refractivity contribution in [1.29, 1.82) is 0 Å². The third-order valence-electron chi connectivity index (χ3n) is 5.64. The first-order chi connectivity index (χ1) is 14.4. The molecule has 0 amide bonds. The maximum Gasteiger partial charge on any atom is 0.211 e. The molecule has 6 nitrogen and oxygen atoms in total. The van der Waals surface area contributed by atoms with E-state index < -0.39 is 15.8 Å². The van der Waals surface area contributed by atoms with Crippen molar-refractivity contribution in [3.8, 4) is 11.1 Å². The molecular formula is C22H23FN4O2S. The summed E-state index contributed by atoms with van der Waals surface area (Å²) in [5.41, 5.74) is 2.97. The van der Waals surface area contributed by atoms with E-state index in [9.17, 15) is 12.8 Å². The molecule has 0 unspecified atom stereocenters. The molecule has 0 spiro atoms. The Morgan fingerprint density at radius 3 is 2.50 bits per heavy atom. The van der Waals surface area contributed by atoms with Crippen molar-refractivity contribution in [3.05, 3.63) is 54.1 Å². The first-order valence-electron chi connectivity index (χ1n) is 10.2. The summed E-state index contributed by atoms with van der Waals surface area (Å²) in [6.45, 7) is 0.0500. The van der Waals surface area contributed by atoms with Gasteiger partial charge in [0.15, 0.2) is 0 Å². The van der Waals surface area contributed by atoms with Gasteiger partial charge in [0.2, 0.25) is 10.0 Å². The van der Waals surface area contributed by atoms with Gasteiger partial charge < -0.3 is 5.32 Å². The Morgan fingerprint density at radius 2 is 1.80 bits per heavy atom. The molecule has 0 atom stereocenters. The number of hydrogen-bond donors (Lipinski definition) is 1. The number of sulfonamides is 1. The van der Waals surface area contributed by atoms with Crippen LogP contribution in [0.4, 0.5) is 10.2 Å². The molecule has 5 rings (SSSR count). The monoisotopic (exact) mass is 426 g/mol. The Morgan fingerprint density at radius 1 is 1.07 bits per heavy atom. The zero-order valence-electron chi connectivity index (χ0n) is 16.7. The average Bonchev–Trinajstić information content (AvgIpc) is 3.61. The lowest BCUT2D eigenvalue weighted by Crippen LogP contribution is -2.31. The predicted molar refractivity (Wildman–Crippen MR) is 115 cm³/mol. The van der Waals surface area contributed by atoms with Gasteiger partial charge in [-0.15, -0.1) is 0 Å². The predicted octanol–water partition coefficient (Wildman–Crippen LogP) is 3.93. The molecule has 2 aliphatic carbocycles. The standard InChI is InChI=1S/C22H23FN4O2S/c1-30(28,29)27(18-6-7-18)12-16-10-14(2-8-20(16)23)15-3-9-21-19(11-15)22(25-13-24-21)26-17-4-5-17/h2-3,8-11,13,17-18H,4-7,12H2,1H3,(H,24,25,26). The van der Waals surface area contributed by atoms with Gasteiger partial charge >= 0.3 is 0 Å². The molecule has 2 aromatic carbocycles. The Kier molecular flexibility index (Phi) is 4.71. The van der Waals surface area contributed by atoms with Crippen LogP contribution in [0.15, 0.2) is 42.7 Å². The molecule has 0 radical (unpaired) electrons. The van der Waals surface area contributed by atoms with Crippen molar-refractivity contribution >= 4 is 26.7 Å². The summed E-state index contributed by atoms with van der Waals surface area (Å²) >= 11 is 0. The van der Waals surface area contributed by atoms with Gasteiger partial charge in [0.05, 0.1) is 11.8 Å². The molecule has 2 fully saturated rings. The van der Waals surface area contributed by atoms with Crippen LogP contribution >= 0.6 is 0 Å². The second-order valence-corrected chi connectivity index (χ2v) is 10.2. The number of anilines is 1. The smallest absolute Gasteiger partial charge is 0.211 e. The summed E-state index contributed by atoms with van der Waals surface area (Å²) in [7, 11) is -3.39. The van der Waals surface area contributed by atoms with Crippen molar-refractivity contribution in [3.63, 3.8) is 0 Å². The summed E-state index contributed by atoms with van der Waals surface area (Å²) in [6, 6.07) is 11.2. The third-order valence-corrected chi connectivity index (χ3v) is 6.92. The van der Waals surface area contributed by atoms with E-state index in [2.05, 4.69) is 15.3 Å². The van der Waals surface area contributed by atoms with Gasteiger partial charge in [-0.25, -0.2) is 22.8 Å². The summed E-state index contributed by atoms with van der Waals surface area (Å²) < 4.78 is 40.2. The fraction of sp³-hybridized carbons (Fsp3) is 0.364. The van der Waals surface area contributed by atoms with Gasteiger partial charge in [0.1, 0.15) is 18.0 Å². The third kappa shape index (κ3) is 4.02. The highest BCUT2D eigenvalue weighted by atomic mass is 32.2. The Balaban J connectivity index is 1.51. The van der Waals surface area contributed by atoms with Crippen LogP contribution in [0.1, 0.15) is 31.2 Å². The summed E-state index contributed by atoms with van der Waals surface area (Å²) in [5, 5.41) is 4.36. The number of nitrogens with one attached hydrogen (secondary N) is 1. The van der Waals surface area contributed by atoms with E-state index in [1.807, 2.05) is 18.2 Å². The van der Waals surface area contributed by atoms with Crippen LogP contribution in [0.2, 0.25) is 0 Å². The topological polar surface area (TPSA) is 75.2 Å². The minimum Gasteiger partial charge on any atom is -0.367 e. The first-order valence-corrected chi connectivity index (χ1v) is 12.0. The van der Waals surface area contributed by atoms with Crippen molar-refractivity contribution in [2.24, 2.45) is 0 Å². The van der Waals surface area contributed by atoms with E-state index in [1.54, 1.807) is 18.5 Å². The van der Waals surface area contributed by atoms with Gasteiger partial charge in [-0.2, -0.15) is 4.31 Å². The van der Waals surface area contributed by atoms with Crippen LogP contribution in [0.5, 0.6) is 0 Å². The van der Waals surface area contributed by atoms with Gasteiger partial charge in [0.25, 0.3) is 0 Å². The number of halogens is 1. The van der Waals surface area contributed by atoms with E-state index in [0.717, 1.165) is 53.5 Å². The van der Waals surface area contributed by atoms with Crippen molar-refractivity contribution < 1.29 is 12.8 Å². The van der Waals surface area contributed by atoms with E-state index in [1.165, 1.54) is 16.6 Å². The lowest BCUT2D eigenvalue weighted by Gasteiger charge is -2.20. The summed E-state index contributed by atoms with van der Waals surface area (Å²) in [4.78, 5) is 8.73. The minimum absolute atomic E-state index is 0.0167. The molecule has 1 aromatic heterocycles. The average molecular weight is 427 g/mol. The van der Waals surface area contributed by atoms with Gasteiger partial charge in [0, 0.05) is 29.6 Å². The molecule has 8 heteroatoms. The zero-order valence-corrected chi connectivity index (χ0v) is 17.5. The van der Waals surface area contributed by atoms with Gasteiger partial charge in [-0.05, 0) is 61.1 Å². The fourth-order valence-corrected chi connectivity index (χ4v) is 4.82. The molecule has 2 saturated carbocycles. The number of nitrogens with zero attached hydrogens (tertiary/aromatic N) is 3. The van der Waals surface area contributed by atoms with Crippen LogP contribution in [-0.2, 0) is 16.6 Å². The Hall–Kier alpha value is -2.58. The number of rotatable bonds is 7. The van der Waals surface area contributed by atoms with Gasteiger partial charge in [-0.1, -0.05) is 12.1 Å². The van der Waals surface area contributed by atoms with E-state index in [0.29, 0.717) is 11.6 Å². The molecule has 0 aliphatic heterocycles. The normalized spacial score (nSPS) is 16.9. The first kappa shape index (κ1) is 19.4. The van der Waals surface area contributed by atoms with Gasteiger partial charge in [-0.3, -0.25) is 0 Å². The molecule has 1 heterocycles. The maximum absolute atomic E-state index is 14.5.